The number of alkyl halides is 3. The number of halogens is 4. The second-order valence-electron chi connectivity index (χ2n) is 7.03. The third-order valence-corrected chi connectivity index (χ3v) is 5.20. The lowest BCUT2D eigenvalue weighted by Gasteiger charge is -2.20. The Hall–Kier alpha value is -2.28. The minimum Gasteiger partial charge on any atom is -0.348 e. The second-order valence-corrected chi connectivity index (χ2v) is 7.44. The van der Waals surface area contributed by atoms with E-state index in [1.165, 1.54) is 17.5 Å². The molecule has 0 spiro atoms. The number of hydrogen-bond donors (Lipinski definition) is 1. The molecule has 0 bridgehead atoms. The molecule has 0 aliphatic heterocycles. The van der Waals surface area contributed by atoms with Crippen LogP contribution in [0.1, 0.15) is 48.1 Å². The molecule has 1 amide bonds. The smallest absolute Gasteiger partial charge is 0.348 e. The number of pyridine rings is 1. The Bertz CT molecular complexity index is 953. The highest BCUT2D eigenvalue weighted by Crippen LogP contribution is 2.29. The van der Waals surface area contributed by atoms with E-state index in [9.17, 15) is 22.8 Å². The zero-order valence-electron chi connectivity index (χ0n) is 15.3. The molecular formula is C20H20ClF3N2O2. The maximum absolute atomic E-state index is 12.9. The normalized spacial score (nSPS) is 15.0. The molecule has 3 rings (SSSR count). The van der Waals surface area contributed by atoms with Gasteiger partial charge in [-0.15, -0.1) is 0 Å². The quantitative estimate of drug-likeness (QED) is 0.815. The SMILES string of the molecule is CC(NC(=O)Cn1cc(C(F)(F)F)cc(Cl)c1=O)c1ccc2c(c1)CCCC2. The molecule has 1 aliphatic rings. The van der Waals surface area contributed by atoms with Gasteiger partial charge in [0.2, 0.25) is 5.91 Å². The lowest BCUT2D eigenvalue weighted by molar-refractivity contribution is -0.138. The van der Waals surface area contributed by atoms with Gasteiger partial charge in [-0.3, -0.25) is 9.59 Å². The van der Waals surface area contributed by atoms with Crippen LogP contribution < -0.4 is 10.9 Å². The van der Waals surface area contributed by atoms with Gasteiger partial charge in [-0.25, -0.2) is 0 Å². The van der Waals surface area contributed by atoms with Gasteiger partial charge in [0, 0.05) is 6.20 Å². The van der Waals surface area contributed by atoms with E-state index in [-0.39, 0.29) is 6.04 Å². The first-order valence-corrected chi connectivity index (χ1v) is 9.41. The van der Waals surface area contributed by atoms with Crippen LogP contribution in [-0.4, -0.2) is 10.5 Å². The molecule has 28 heavy (non-hydrogen) atoms. The third kappa shape index (κ3) is 4.58. The molecule has 1 aromatic carbocycles. The predicted octanol–water partition coefficient (Wildman–Crippen LogP) is 4.28. The first kappa shape index (κ1) is 20.5. The minimum absolute atomic E-state index is 0.336. The number of carbonyl (C=O) groups is 1. The van der Waals surface area contributed by atoms with E-state index in [1.54, 1.807) is 6.92 Å². The van der Waals surface area contributed by atoms with Crippen LogP contribution in [0.4, 0.5) is 13.2 Å². The summed E-state index contributed by atoms with van der Waals surface area (Å²) in [5.74, 6) is -0.567. The summed E-state index contributed by atoms with van der Waals surface area (Å²) < 4.78 is 39.4. The number of amides is 1. The molecule has 0 saturated heterocycles. The van der Waals surface area contributed by atoms with Crippen molar-refractivity contribution in [2.75, 3.05) is 0 Å². The van der Waals surface area contributed by atoms with E-state index in [2.05, 4.69) is 17.4 Å². The largest absolute Gasteiger partial charge is 0.417 e. The highest BCUT2D eigenvalue weighted by Gasteiger charge is 2.32. The Balaban J connectivity index is 1.74. The van der Waals surface area contributed by atoms with E-state index < -0.39 is 34.8 Å². The molecule has 150 valence electrons. The van der Waals surface area contributed by atoms with Crippen LogP contribution in [0.5, 0.6) is 0 Å². The van der Waals surface area contributed by atoms with Crippen molar-refractivity contribution in [3.63, 3.8) is 0 Å². The van der Waals surface area contributed by atoms with Crippen molar-refractivity contribution in [2.45, 2.75) is 51.4 Å². The van der Waals surface area contributed by atoms with Crippen LogP contribution in [0.3, 0.4) is 0 Å². The molecule has 4 nitrogen and oxygen atoms in total. The number of benzene rings is 1. The zero-order valence-corrected chi connectivity index (χ0v) is 16.0. The van der Waals surface area contributed by atoms with Gasteiger partial charge in [-0.05, 0) is 55.4 Å². The van der Waals surface area contributed by atoms with Crippen molar-refractivity contribution in [3.8, 4) is 0 Å². The van der Waals surface area contributed by atoms with Crippen molar-refractivity contribution in [3.05, 3.63) is 68.1 Å². The van der Waals surface area contributed by atoms with Crippen molar-refractivity contribution in [2.24, 2.45) is 0 Å². The summed E-state index contributed by atoms with van der Waals surface area (Å²) in [5, 5.41) is 2.15. The third-order valence-electron chi connectivity index (χ3n) is 4.93. The van der Waals surface area contributed by atoms with E-state index in [0.29, 0.717) is 16.8 Å². The molecule has 1 aromatic heterocycles. The first-order chi connectivity index (χ1) is 13.1. The number of aryl methyl sites for hydroxylation is 2. The number of nitrogens with one attached hydrogen (secondary N) is 1. The van der Waals surface area contributed by atoms with Crippen molar-refractivity contribution in [1.82, 2.24) is 9.88 Å². The molecule has 1 N–H and O–H groups in total. The molecule has 2 aromatic rings. The number of aromatic nitrogens is 1. The maximum Gasteiger partial charge on any atom is 0.417 e. The molecule has 0 fully saturated rings. The zero-order chi connectivity index (χ0) is 20.5. The Morgan fingerprint density at radius 3 is 2.57 bits per heavy atom. The first-order valence-electron chi connectivity index (χ1n) is 9.03. The molecule has 0 radical (unpaired) electrons. The van der Waals surface area contributed by atoms with Crippen molar-refractivity contribution >= 4 is 17.5 Å². The van der Waals surface area contributed by atoms with Gasteiger partial charge in [0.05, 0.1) is 11.6 Å². The van der Waals surface area contributed by atoms with Gasteiger partial charge in [-0.2, -0.15) is 13.2 Å². The van der Waals surface area contributed by atoms with Gasteiger partial charge in [0.15, 0.2) is 0 Å². The van der Waals surface area contributed by atoms with Crippen molar-refractivity contribution < 1.29 is 18.0 Å². The number of hydrogen-bond acceptors (Lipinski definition) is 2. The van der Waals surface area contributed by atoms with E-state index >= 15 is 0 Å². The summed E-state index contributed by atoms with van der Waals surface area (Å²) in [6, 6.07) is 6.30. The molecule has 1 aliphatic carbocycles. The van der Waals surface area contributed by atoms with Crippen LogP contribution in [0.15, 0.2) is 35.3 Å². The summed E-state index contributed by atoms with van der Waals surface area (Å²) in [5.41, 5.74) is 1.59. The Labute approximate surface area is 165 Å². The topological polar surface area (TPSA) is 51.1 Å². The standard InChI is InChI=1S/C20H20ClF3N2O2/c1-12(14-7-6-13-4-2-3-5-15(13)8-14)25-18(27)11-26-10-16(20(22,23)24)9-17(21)19(26)28/h6-10,12H,2-5,11H2,1H3,(H,25,27). The molecule has 8 heteroatoms. The van der Waals surface area contributed by atoms with Crippen LogP contribution in [0.25, 0.3) is 0 Å². The maximum atomic E-state index is 12.9. The molecule has 1 unspecified atom stereocenters. The highest BCUT2D eigenvalue weighted by molar-refractivity contribution is 6.30. The predicted molar refractivity (Wildman–Crippen MR) is 100 cm³/mol. The van der Waals surface area contributed by atoms with Crippen LogP contribution in [0.2, 0.25) is 5.02 Å². The highest BCUT2D eigenvalue weighted by atomic mass is 35.5. The number of carbonyl (C=O) groups excluding carboxylic acids is 1. The van der Waals surface area contributed by atoms with E-state index in [1.807, 2.05) is 6.07 Å². The monoisotopic (exact) mass is 412 g/mol. The summed E-state index contributed by atoms with van der Waals surface area (Å²) in [6.45, 7) is 1.25. The number of nitrogens with zero attached hydrogens (tertiary/aromatic N) is 1. The van der Waals surface area contributed by atoms with Crippen LogP contribution >= 0.6 is 11.6 Å². The van der Waals surface area contributed by atoms with Crippen molar-refractivity contribution in [1.29, 1.82) is 0 Å². The van der Waals surface area contributed by atoms with Gasteiger partial charge in [0.25, 0.3) is 5.56 Å². The molecule has 1 heterocycles. The van der Waals surface area contributed by atoms with Crippen LogP contribution in [-0.2, 0) is 30.4 Å². The van der Waals surface area contributed by atoms with E-state index in [0.717, 1.165) is 24.8 Å². The summed E-state index contributed by atoms with van der Waals surface area (Å²) in [4.78, 5) is 24.3. The fourth-order valence-corrected chi connectivity index (χ4v) is 3.65. The fourth-order valence-electron chi connectivity index (χ4n) is 3.42. The lowest BCUT2D eigenvalue weighted by atomic mass is 9.89. The lowest BCUT2D eigenvalue weighted by Crippen LogP contribution is -2.34. The molecular weight excluding hydrogens is 393 g/mol. The fraction of sp³-hybridized carbons (Fsp3) is 0.400. The van der Waals surface area contributed by atoms with Crippen LogP contribution in [0, 0.1) is 0 Å². The average Bonchev–Trinajstić information content (AvgIpc) is 2.64. The van der Waals surface area contributed by atoms with Gasteiger partial charge in [-0.1, -0.05) is 29.8 Å². The second kappa shape index (κ2) is 7.99. The Morgan fingerprint density at radius 2 is 1.89 bits per heavy atom. The summed E-state index contributed by atoms with van der Waals surface area (Å²) in [6.07, 6.45) is 0.310. The average molecular weight is 413 g/mol. The minimum atomic E-state index is -4.66. The van der Waals surface area contributed by atoms with Gasteiger partial charge >= 0.3 is 6.18 Å². The molecule has 1 atom stereocenters. The summed E-state index contributed by atoms with van der Waals surface area (Å²) >= 11 is 5.61. The van der Waals surface area contributed by atoms with Gasteiger partial charge < -0.3 is 9.88 Å². The Morgan fingerprint density at radius 1 is 1.21 bits per heavy atom. The van der Waals surface area contributed by atoms with Gasteiger partial charge in [0.1, 0.15) is 11.6 Å². The number of rotatable bonds is 4. The summed E-state index contributed by atoms with van der Waals surface area (Å²) in [7, 11) is 0. The van der Waals surface area contributed by atoms with E-state index in [4.69, 9.17) is 11.6 Å². The molecule has 0 saturated carbocycles. The number of fused-ring (bicyclic) bond motifs is 1. The Kier molecular flexibility index (Phi) is 5.84.